The topological polar surface area (TPSA) is 64.6 Å². The van der Waals surface area contributed by atoms with Gasteiger partial charge in [0.2, 0.25) is 0 Å². The van der Waals surface area contributed by atoms with Gasteiger partial charge in [0.05, 0.1) is 0 Å². The molecule has 11 heteroatoms. The van der Waals surface area contributed by atoms with E-state index < -0.39 is 34.2 Å². The molecular weight excluding hydrogens is 429 g/mol. The van der Waals surface area contributed by atoms with E-state index in [9.17, 15) is 0 Å². The summed E-state index contributed by atoms with van der Waals surface area (Å²) in [6.07, 6.45) is 0. The molecule has 170 valence electrons. The molecule has 2 unspecified atom stereocenters. The molecule has 0 spiro atoms. The van der Waals surface area contributed by atoms with E-state index in [4.69, 9.17) is 30.7 Å². The molecule has 0 radical (unpaired) electrons. The lowest BCUT2D eigenvalue weighted by atomic mass is 10.9. The molecule has 0 bridgehead atoms. The van der Waals surface area contributed by atoms with Crippen LogP contribution in [-0.2, 0) is 30.7 Å². The molecule has 0 N–H and O–H groups in total. The van der Waals surface area contributed by atoms with Crippen LogP contribution < -0.4 is 0 Å². The van der Waals surface area contributed by atoms with Crippen molar-refractivity contribution in [2.45, 2.75) is 71.1 Å². The minimum absolute atomic E-state index is 0.0707. The summed E-state index contributed by atoms with van der Waals surface area (Å²) in [6, 6.07) is 0. The molecule has 28 heavy (non-hydrogen) atoms. The van der Waals surface area contributed by atoms with Gasteiger partial charge in [0.15, 0.2) is 16.6 Å². The van der Waals surface area contributed by atoms with Gasteiger partial charge in [-0.15, -0.1) is 0 Å². The third kappa shape index (κ3) is 6.54. The predicted molar refractivity (Wildman–Crippen MR) is 122 cm³/mol. The first kappa shape index (κ1) is 28.6. The quantitative estimate of drug-likeness (QED) is 0.331. The van der Waals surface area contributed by atoms with Gasteiger partial charge in [-0.25, -0.2) is 0 Å². The van der Waals surface area contributed by atoms with Crippen molar-refractivity contribution in [3.8, 4) is 0 Å². The standard InChI is InChI=1S/C17H44O7Si4/c1-13-21-28(22-14-2,23-15-3)17(5)26(11,12)24-25(9,10)16(4)27(18-6,19-7)20-8/h16-17H,13-15H2,1-12H3. The zero-order valence-corrected chi connectivity index (χ0v) is 24.1. The average molecular weight is 473 g/mol. The summed E-state index contributed by atoms with van der Waals surface area (Å²) in [5, 5.41) is 0.156. The zero-order valence-electron chi connectivity index (χ0n) is 20.1. The van der Waals surface area contributed by atoms with Crippen molar-refractivity contribution < 1.29 is 30.7 Å². The fourth-order valence-corrected chi connectivity index (χ4v) is 23.9. The molecule has 0 saturated heterocycles. The van der Waals surface area contributed by atoms with Gasteiger partial charge >= 0.3 is 17.6 Å². The molecule has 0 saturated carbocycles. The van der Waals surface area contributed by atoms with Gasteiger partial charge in [0.25, 0.3) is 0 Å². The van der Waals surface area contributed by atoms with Crippen molar-refractivity contribution in [2.24, 2.45) is 0 Å². The van der Waals surface area contributed by atoms with E-state index in [0.717, 1.165) is 0 Å². The van der Waals surface area contributed by atoms with E-state index in [1.54, 1.807) is 21.3 Å². The Morgan fingerprint density at radius 3 is 1.11 bits per heavy atom. The fraction of sp³-hybridized carbons (Fsp3) is 1.00. The van der Waals surface area contributed by atoms with Crippen molar-refractivity contribution in [3.63, 3.8) is 0 Å². The molecule has 0 aromatic rings. The Labute approximate surface area is 177 Å². The van der Waals surface area contributed by atoms with E-state index in [0.29, 0.717) is 19.8 Å². The van der Waals surface area contributed by atoms with Crippen LogP contribution in [0.1, 0.15) is 34.6 Å². The first-order chi connectivity index (χ1) is 12.9. The Morgan fingerprint density at radius 1 is 0.571 bits per heavy atom. The van der Waals surface area contributed by atoms with Crippen LogP contribution in [0.3, 0.4) is 0 Å². The second kappa shape index (κ2) is 11.8. The second-order valence-corrected chi connectivity index (χ2v) is 24.2. The molecule has 0 aliphatic carbocycles. The molecular formula is C17H44O7Si4. The van der Waals surface area contributed by atoms with Gasteiger partial charge in [-0.05, 0) is 47.0 Å². The highest BCUT2D eigenvalue weighted by Crippen LogP contribution is 2.41. The first-order valence-electron chi connectivity index (χ1n) is 10.2. The summed E-state index contributed by atoms with van der Waals surface area (Å²) in [7, 11) is -5.21. The van der Waals surface area contributed by atoms with Crippen molar-refractivity contribution in [3.05, 3.63) is 0 Å². The predicted octanol–water partition coefficient (Wildman–Crippen LogP) is 4.20. The molecule has 0 aliphatic rings. The number of hydrogen-bond acceptors (Lipinski definition) is 7. The highest BCUT2D eigenvalue weighted by molar-refractivity contribution is 6.97. The van der Waals surface area contributed by atoms with Crippen LogP contribution in [0.2, 0.25) is 36.5 Å². The number of rotatable bonds is 15. The third-order valence-electron chi connectivity index (χ3n) is 5.56. The molecule has 2 atom stereocenters. The molecule has 7 nitrogen and oxygen atoms in total. The van der Waals surface area contributed by atoms with Crippen LogP contribution in [-0.4, -0.2) is 75.4 Å². The van der Waals surface area contributed by atoms with E-state index in [-0.39, 0.29) is 10.3 Å². The van der Waals surface area contributed by atoms with Gasteiger partial charge in [0.1, 0.15) is 0 Å². The summed E-state index contributed by atoms with van der Waals surface area (Å²) < 4.78 is 42.7. The molecule has 0 aromatic carbocycles. The van der Waals surface area contributed by atoms with Gasteiger partial charge < -0.3 is 30.7 Å². The average Bonchev–Trinajstić information content (AvgIpc) is 2.62. The minimum Gasteiger partial charge on any atom is -0.455 e. The minimum atomic E-state index is -2.86. The van der Waals surface area contributed by atoms with E-state index in [1.165, 1.54) is 0 Å². The van der Waals surface area contributed by atoms with Gasteiger partial charge in [-0.1, -0.05) is 13.8 Å². The Kier molecular flexibility index (Phi) is 12.1. The van der Waals surface area contributed by atoms with E-state index >= 15 is 0 Å². The maximum atomic E-state index is 6.97. The first-order valence-corrected chi connectivity index (χ1v) is 19.7. The molecule has 0 aromatic heterocycles. The van der Waals surface area contributed by atoms with Crippen molar-refractivity contribution in [2.75, 3.05) is 41.2 Å². The SMILES string of the molecule is CCO[Si](OCC)(OCC)C(C)[Si](C)(C)O[Si](C)(C)C(C)[Si](OC)(OC)OC. The Morgan fingerprint density at radius 2 is 0.857 bits per heavy atom. The van der Waals surface area contributed by atoms with Gasteiger partial charge in [-0.2, -0.15) is 0 Å². The highest BCUT2D eigenvalue weighted by atomic mass is 28.5. The zero-order chi connectivity index (χ0) is 22.2. The van der Waals surface area contributed by atoms with Gasteiger partial charge in [0, 0.05) is 51.5 Å². The maximum Gasteiger partial charge on any atom is 0.503 e. The Balaban J connectivity index is 5.82. The highest BCUT2D eigenvalue weighted by Gasteiger charge is 2.59. The molecule has 0 fully saturated rings. The van der Waals surface area contributed by atoms with Crippen molar-refractivity contribution in [1.29, 1.82) is 0 Å². The fourth-order valence-electron chi connectivity index (χ4n) is 3.59. The number of hydrogen-bond donors (Lipinski definition) is 0. The van der Waals surface area contributed by atoms with Crippen LogP contribution in [0, 0.1) is 0 Å². The lowest BCUT2D eigenvalue weighted by Gasteiger charge is -2.46. The Hall–Kier alpha value is 0.588. The maximum absolute atomic E-state index is 6.97. The van der Waals surface area contributed by atoms with E-state index in [1.807, 2.05) is 20.8 Å². The van der Waals surface area contributed by atoms with E-state index in [2.05, 4.69) is 40.0 Å². The van der Waals surface area contributed by atoms with Crippen molar-refractivity contribution >= 4 is 34.2 Å². The summed E-state index contributed by atoms with van der Waals surface area (Å²) >= 11 is 0. The smallest absolute Gasteiger partial charge is 0.455 e. The third-order valence-corrected chi connectivity index (χ3v) is 26.1. The largest absolute Gasteiger partial charge is 0.503 e. The van der Waals surface area contributed by atoms with Crippen LogP contribution in [0.4, 0.5) is 0 Å². The van der Waals surface area contributed by atoms with Crippen molar-refractivity contribution in [1.82, 2.24) is 0 Å². The van der Waals surface area contributed by atoms with Crippen LogP contribution in [0.25, 0.3) is 0 Å². The Bertz CT molecular complexity index is 422. The molecule has 0 amide bonds. The lowest BCUT2D eigenvalue weighted by molar-refractivity contribution is 0.0675. The summed E-state index contributed by atoms with van der Waals surface area (Å²) in [5.41, 5.74) is 0. The van der Waals surface area contributed by atoms with Crippen LogP contribution in [0.5, 0.6) is 0 Å². The lowest BCUT2D eigenvalue weighted by Crippen LogP contribution is -2.63. The summed E-state index contributed by atoms with van der Waals surface area (Å²) in [6.45, 7) is 20.8. The normalized spacial score (nSPS) is 16.3. The second-order valence-electron chi connectivity index (χ2n) is 7.87. The molecule has 0 heterocycles. The van der Waals surface area contributed by atoms with Gasteiger partial charge in [-0.3, -0.25) is 0 Å². The summed E-state index contributed by atoms with van der Waals surface area (Å²) in [5.74, 6) is 0. The molecule has 0 rings (SSSR count). The van der Waals surface area contributed by atoms with Crippen LogP contribution >= 0.6 is 0 Å². The summed E-state index contributed by atoms with van der Waals surface area (Å²) in [4.78, 5) is 0. The monoisotopic (exact) mass is 472 g/mol. The molecule has 0 aliphatic heterocycles. The van der Waals surface area contributed by atoms with Crippen LogP contribution in [0.15, 0.2) is 0 Å².